The molecule has 2 aromatic rings. The van der Waals surface area contributed by atoms with Crippen molar-refractivity contribution in [2.24, 2.45) is 13.0 Å². The average molecular weight is 492 g/mol. The topological polar surface area (TPSA) is 80.4 Å². The first-order valence-electron chi connectivity index (χ1n) is 11.6. The Morgan fingerprint density at radius 2 is 1.82 bits per heavy atom. The van der Waals surface area contributed by atoms with Crippen molar-refractivity contribution >= 4 is 28.0 Å². The SMILES string of the molecule is CC(C)c1ccc(C(=O)N2CCN(Cn3nc(CC4CCS(=O)(=O)C4)n(C)c3=S)CC2)cc1. The summed E-state index contributed by atoms with van der Waals surface area (Å²) in [6, 6.07) is 7.92. The van der Waals surface area contributed by atoms with Gasteiger partial charge in [0.05, 0.1) is 18.2 Å². The molecule has 1 aromatic carbocycles. The minimum atomic E-state index is -2.90. The van der Waals surface area contributed by atoms with Gasteiger partial charge in [0.15, 0.2) is 14.6 Å². The molecule has 1 atom stereocenters. The van der Waals surface area contributed by atoms with Gasteiger partial charge in [0, 0.05) is 45.2 Å². The van der Waals surface area contributed by atoms with Crippen LogP contribution in [0.2, 0.25) is 0 Å². The standard InChI is InChI=1S/C23H33N5O3S2/c1-17(2)19-4-6-20(7-5-19)22(29)27-11-9-26(10-12-27)16-28-23(32)25(3)21(24-28)14-18-8-13-33(30,31)15-18/h4-7,17-18H,8-16H2,1-3H3. The number of nitrogens with zero attached hydrogens (tertiary/aromatic N) is 5. The van der Waals surface area contributed by atoms with E-state index in [2.05, 4.69) is 18.7 Å². The molecule has 180 valence electrons. The number of rotatable bonds is 6. The molecule has 10 heteroatoms. The molecule has 33 heavy (non-hydrogen) atoms. The van der Waals surface area contributed by atoms with Crippen LogP contribution in [-0.2, 0) is 30.0 Å². The van der Waals surface area contributed by atoms with Crippen LogP contribution in [0.5, 0.6) is 0 Å². The van der Waals surface area contributed by atoms with Gasteiger partial charge in [-0.2, -0.15) is 5.10 Å². The molecule has 4 rings (SSSR count). The number of hydrogen-bond donors (Lipinski definition) is 0. The highest BCUT2D eigenvalue weighted by Crippen LogP contribution is 2.22. The van der Waals surface area contributed by atoms with E-state index in [9.17, 15) is 13.2 Å². The van der Waals surface area contributed by atoms with Crippen LogP contribution in [0.3, 0.4) is 0 Å². The van der Waals surface area contributed by atoms with E-state index < -0.39 is 9.84 Å². The van der Waals surface area contributed by atoms with Crippen LogP contribution in [0, 0.1) is 10.7 Å². The summed E-state index contributed by atoms with van der Waals surface area (Å²) in [6.45, 7) is 7.70. The van der Waals surface area contributed by atoms with Crippen LogP contribution in [0.4, 0.5) is 0 Å². The van der Waals surface area contributed by atoms with Crippen LogP contribution in [0.15, 0.2) is 24.3 Å². The minimum Gasteiger partial charge on any atom is -0.336 e. The number of carbonyl (C=O) groups is 1. The van der Waals surface area contributed by atoms with Crippen molar-refractivity contribution in [1.82, 2.24) is 24.1 Å². The summed E-state index contributed by atoms with van der Waals surface area (Å²) in [6.07, 6.45) is 1.32. The minimum absolute atomic E-state index is 0.0770. The number of carbonyl (C=O) groups excluding carboxylic acids is 1. The molecule has 8 nitrogen and oxygen atoms in total. The number of benzene rings is 1. The second kappa shape index (κ2) is 9.68. The Balaban J connectivity index is 1.33. The number of amides is 1. The molecule has 2 aliphatic rings. The monoisotopic (exact) mass is 491 g/mol. The first-order chi connectivity index (χ1) is 15.6. The second-order valence-corrected chi connectivity index (χ2v) is 12.2. The Bertz CT molecular complexity index is 1160. The molecule has 0 N–H and O–H groups in total. The number of aromatic nitrogens is 3. The Labute approximate surface area is 201 Å². The Morgan fingerprint density at radius 3 is 2.39 bits per heavy atom. The maximum Gasteiger partial charge on any atom is 0.253 e. The lowest BCUT2D eigenvalue weighted by atomic mass is 10.0. The summed E-state index contributed by atoms with van der Waals surface area (Å²) < 4.78 is 27.9. The predicted molar refractivity (Wildman–Crippen MR) is 131 cm³/mol. The van der Waals surface area contributed by atoms with Crippen LogP contribution < -0.4 is 0 Å². The molecule has 1 amide bonds. The van der Waals surface area contributed by atoms with Crippen molar-refractivity contribution in [2.45, 2.75) is 39.3 Å². The van der Waals surface area contributed by atoms with Crippen LogP contribution in [0.1, 0.15) is 47.9 Å². The number of piperazine rings is 1. The smallest absolute Gasteiger partial charge is 0.253 e. The van der Waals surface area contributed by atoms with E-state index in [1.54, 1.807) is 0 Å². The molecule has 2 fully saturated rings. The van der Waals surface area contributed by atoms with E-state index in [1.165, 1.54) is 5.56 Å². The van der Waals surface area contributed by atoms with Gasteiger partial charge in [0.1, 0.15) is 5.82 Å². The average Bonchev–Trinajstić information content (AvgIpc) is 3.27. The lowest BCUT2D eigenvalue weighted by molar-refractivity contribution is 0.0585. The summed E-state index contributed by atoms with van der Waals surface area (Å²) in [7, 11) is -1.01. The fraction of sp³-hybridized carbons (Fsp3) is 0.609. The van der Waals surface area contributed by atoms with E-state index in [1.807, 2.05) is 45.5 Å². The molecule has 0 aliphatic carbocycles. The van der Waals surface area contributed by atoms with Crippen molar-refractivity contribution in [3.8, 4) is 0 Å². The largest absolute Gasteiger partial charge is 0.336 e. The summed E-state index contributed by atoms with van der Waals surface area (Å²) in [5.41, 5.74) is 1.97. The summed E-state index contributed by atoms with van der Waals surface area (Å²) in [5, 5.41) is 4.70. The van der Waals surface area contributed by atoms with E-state index in [0.717, 1.165) is 24.5 Å². The fourth-order valence-corrected chi connectivity index (χ4v) is 6.63. The molecular weight excluding hydrogens is 458 g/mol. The van der Waals surface area contributed by atoms with Gasteiger partial charge in [0.25, 0.3) is 5.91 Å². The molecule has 3 heterocycles. The van der Waals surface area contributed by atoms with Crippen molar-refractivity contribution in [3.05, 3.63) is 46.0 Å². The van der Waals surface area contributed by atoms with Gasteiger partial charge in [-0.15, -0.1) is 0 Å². The van der Waals surface area contributed by atoms with Crippen molar-refractivity contribution < 1.29 is 13.2 Å². The van der Waals surface area contributed by atoms with Crippen LogP contribution in [0.25, 0.3) is 0 Å². The second-order valence-electron chi connectivity index (χ2n) is 9.56. The van der Waals surface area contributed by atoms with Gasteiger partial charge in [0.2, 0.25) is 0 Å². The van der Waals surface area contributed by atoms with Crippen molar-refractivity contribution in [2.75, 3.05) is 37.7 Å². The third-order valence-electron chi connectivity index (χ3n) is 6.75. The summed E-state index contributed by atoms with van der Waals surface area (Å²) in [5.74, 6) is 1.98. The molecule has 0 bridgehead atoms. The van der Waals surface area contributed by atoms with Gasteiger partial charge in [-0.05, 0) is 48.2 Å². The lowest BCUT2D eigenvalue weighted by Gasteiger charge is -2.34. The number of hydrogen-bond acceptors (Lipinski definition) is 6. The fourth-order valence-electron chi connectivity index (χ4n) is 4.57. The van der Waals surface area contributed by atoms with E-state index in [-0.39, 0.29) is 23.3 Å². The van der Waals surface area contributed by atoms with Gasteiger partial charge >= 0.3 is 0 Å². The molecule has 1 aromatic heterocycles. The molecule has 1 unspecified atom stereocenters. The number of sulfone groups is 1. The van der Waals surface area contributed by atoms with Crippen molar-refractivity contribution in [1.29, 1.82) is 0 Å². The zero-order chi connectivity index (χ0) is 23.8. The molecular formula is C23H33N5O3S2. The molecule has 2 aliphatic heterocycles. The van der Waals surface area contributed by atoms with Crippen molar-refractivity contribution in [3.63, 3.8) is 0 Å². The molecule has 2 saturated heterocycles. The first-order valence-corrected chi connectivity index (χ1v) is 13.8. The summed E-state index contributed by atoms with van der Waals surface area (Å²) in [4.78, 5) is 17.0. The van der Waals surface area contributed by atoms with Crippen LogP contribution in [-0.4, -0.2) is 76.2 Å². The van der Waals surface area contributed by atoms with Crippen LogP contribution >= 0.6 is 12.2 Å². The molecule has 0 spiro atoms. The lowest BCUT2D eigenvalue weighted by Crippen LogP contribution is -2.49. The predicted octanol–water partition coefficient (Wildman–Crippen LogP) is 2.47. The van der Waals surface area contributed by atoms with E-state index in [4.69, 9.17) is 17.3 Å². The highest BCUT2D eigenvalue weighted by atomic mass is 32.2. The maximum absolute atomic E-state index is 12.9. The van der Waals surface area contributed by atoms with Gasteiger partial charge < -0.3 is 9.47 Å². The third kappa shape index (κ3) is 5.55. The van der Waals surface area contributed by atoms with Gasteiger partial charge in [-0.1, -0.05) is 26.0 Å². The highest BCUT2D eigenvalue weighted by molar-refractivity contribution is 7.91. The Kier molecular flexibility index (Phi) is 7.07. The molecule has 0 saturated carbocycles. The quantitative estimate of drug-likeness (QED) is 0.578. The Hall–Kier alpha value is -2.04. The van der Waals surface area contributed by atoms with Gasteiger partial charge in [-0.25, -0.2) is 13.1 Å². The molecule has 0 radical (unpaired) electrons. The van der Waals surface area contributed by atoms with E-state index >= 15 is 0 Å². The Morgan fingerprint density at radius 1 is 1.15 bits per heavy atom. The van der Waals surface area contributed by atoms with Gasteiger partial charge in [-0.3, -0.25) is 9.69 Å². The maximum atomic E-state index is 12.9. The normalized spacial score (nSPS) is 21.1. The van der Waals surface area contributed by atoms with E-state index in [0.29, 0.717) is 43.3 Å². The first kappa shape index (κ1) is 24.1. The zero-order valence-corrected chi connectivity index (χ0v) is 21.2. The summed E-state index contributed by atoms with van der Waals surface area (Å²) >= 11 is 5.58. The zero-order valence-electron chi connectivity index (χ0n) is 19.6. The third-order valence-corrected chi connectivity index (χ3v) is 9.07. The highest BCUT2D eigenvalue weighted by Gasteiger charge is 2.29.